The molecule has 19 heavy (non-hydrogen) atoms. The molecule has 1 aromatic carbocycles. The summed E-state index contributed by atoms with van der Waals surface area (Å²) in [5.74, 6) is -0.353. The van der Waals surface area contributed by atoms with Crippen LogP contribution in [0.1, 0.15) is 17.3 Å². The Kier molecular flexibility index (Phi) is 4.70. The van der Waals surface area contributed by atoms with E-state index >= 15 is 0 Å². The summed E-state index contributed by atoms with van der Waals surface area (Å²) in [4.78, 5) is 22.8. The van der Waals surface area contributed by atoms with E-state index in [1.165, 1.54) is 12.1 Å². The first-order valence-corrected chi connectivity index (χ1v) is 9.83. The Morgan fingerprint density at radius 3 is 2.42 bits per heavy atom. The number of nitro benzene ring substituents is 1. The van der Waals surface area contributed by atoms with Gasteiger partial charge in [0.2, 0.25) is 0 Å². The van der Waals surface area contributed by atoms with Crippen LogP contribution in [0.4, 0.5) is 5.69 Å². The third-order valence-electron chi connectivity index (χ3n) is 2.64. The van der Waals surface area contributed by atoms with Crippen molar-refractivity contribution in [1.82, 2.24) is 5.32 Å². The molecular weight excluding hydrogens is 284 g/mol. The molecule has 1 amide bonds. The van der Waals surface area contributed by atoms with Gasteiger partial charge in [-0.15, -0.1) is 0 Å². The van der Waals surface area contributed by atoms with Crippen molar-refractivity contribution in [3.63, 3.8) is 0 Å². The molecule has 0 radical (unpaired) electrons. The molecule has 0 atom stereocenters. The van der Waals surface area contributed by atoms with E-state index in [0.29, 0.717) is 11.7 Å². The number of nitrogens with one attached hydrogen (secondary N) is 1. The van der Waals surface area contributed by atoms with Gasteiger partial charge >= 0.3 is 0 Å². The predicted octanol–water partition coefficient (Wildman–Crippen LogP) is 2.54. The molecule has 7 heteroatoms. The number of carbonyl (C=O) groups excluding carboxylic acids is 1. The van der Waals surface area contributed by atoms with E-state index in [1.54, 1.807) is 6.92 Å². The molecule has 0 aromatic heterocycles. The Morgan fingerprint density at radius 2 is 2.00 bits per heavy atom. The summed E-state index contributed by atoms with van der Waals surface area (Å²) >= 11 is 6.08. The van der Waals surface area contributed by atoms with Gasteiger partial charge in [-0.05, 0) is 13.0 Å². The molecule has 1 N–H and O–H groups in total. The lowest BCUT2D eigenvalue weighted by atomic mass is 10.2. The topological polar surface area (TPSA) is 72.2 Å². The van der Waals surface area contributed by atoms with Gasteiger partial charge in [0, 0.05) is 17.8 Å². The van der Waals surface area contributed by atoms with Crippen LogP contribution < -0.4 is 10.5 Å². The van der Waals surface area contributed by atoms with Crippen molar-refractivity contribution in [2.24, 2.45) is 0 Å². The van der Waals surface area contributed by atoms with Gasteiger partial charge in [-0.2, -0.15) is 0 Å². The highest BCUT2D eigenvalue weighted by Gasteiger charge is 2.33. The fourth-order valence-electron chi connectivity index (χ4n) is 1.95. The molecule has 0 bridgehead atoms. The summed E-state index contributed by atoms with van der Waals surface area (Å²) in [5.41, 5.74) is 0.224. The van der Waals surface area contributed by atoms with Crippen LogP contribution in [-0.2, 0) is 0 Å². The van der Waals surface area contributed by atoms with Crippen molar-refractivity contribution in [1.29, 1.82) is 0 Å². The Balaban J connectivity index is 3.64. The lowest BCUT2D eigenvalue weighted by Crippen LogP contribution is -2.45. The number of hydrogen-bond acceptors (Lipinski definition) is 3. The standard InChI is InChI=1S/C12H17ClN2O3Si/c1-5-14-12(16)10-8(13)6-7-9(15(17)18)11(10)19(2,3)4/h6-7H,5H2,1-4H3,(H,14,16). The van der Waals surface area contributed by atoms with Gasteiger partial charge in [-0.3, -0.25) is 14.9 Å². The lowest BCUT2D eigenvalue weighted by Gasteiger charge is -2.21. The molecule has 0 aliphatic carbocycles. The highest BCUT2D eigenvalue weighted by Crippen LogP contribution is 2.24. The van der Waals surface area contributed by atoms with Crippen molar-refractivity contribution in [2.45, 2.75) is 26.6 Å². The highest BCUT2D eigenvalue weighted by atomic mass is 35.5. The van der Waals surface area contributed by atoms with E-state index in [2.05, 4.69) is 5.32 Å². The summed E-state index contributed by atoms with van der Waals surface area (Å²) in [7, 11) is -2.10. The van der Waals surface area contributed by atoms with Crippen LogP contribution in [0.25, 0.3) is 0 Å². The second-order valence-corrected chi connectivity index (χ2v) is 10.6. The molecule has 104 valence electrons. The summed E-state index contributed by atoms with van der Waals surface area (Å²) in [5, 5.41) is 14.6. The monoisotopic (exact) mass is 300 g/mol. The van der Waals surface area contributed by atoms with Crippen LogP contribution in [-0.4, -0.2) is 25.4 Å². The fraction of sp³-hybridized carbons (Fsp3) is 0.417. The van der Waals surface area contributed by atoms with Gasteiger partial charge in [0.05, 0.1) is 23.6 Å². The van der Waals surface area contributed by atoms with Crippen molar-refractivity contribution < 1.29 is 9.72 Å². The van der Waals surface area contributed by atoms with Crippen LogP contribution in [0, 0.1) is 10.1 Å². The van der Waals surface area contributed by atoms with Gasteiger partial charge in [0.15, 0.2) is 0 Å². The van der Waals surface area contributed by atoms with Gasteiger partial charge in [0.25, 0.3) is 11.6 Å². The van der Waals surface area contributed by atoms with E-state index in [-0.39, 0.29) is 22.2 Å². The van der Waals surface area contributed by atoms with Crippen LogP contribution >= 0.6 is 11.6 Å². The van der Waals surface area contributed by atoms with Crippen molar-refractivity contribution in [2.75, 3.05) is 6.54 Å². The maximum Gasteiger partial charge on any atom is 0.269 e. The number of amides is 1. The minimum atomic E-state index is -2.10. The molecule has 0 aliphatic heterocycles. The molecule has 0 aliphatic rings. The zero-order valence-electron chi connectivity index (χ0n) is 11.4. The number of benzene rings is 1. The molecule has 5 nitrogen and oxygen atoms in total. The predicted molar refractivity (Wildman–Crippen MR) is 79.1 cm³/mol. The molecule has 0 saturated carbocycles. The van der Waals surface area contributed by atoms with Crippen LogP contribution in [0.3, 0.4) is 0 Å². The van der Waals surface area contributed by atoms with Crippen molar-refractivity contribution in [3.05, 3.63) is 32.8 Å². The molecule has 1 rings (SSSR count). The zero-order chi connectivity index (χ0) is 14.8. The Hall–Kier alpha value is -1.40. The van der Waals surface area contributed by atoms with Gasteiger partial charge in [-0.1, -0.05) is 31.2 Å². The average Bonchev–Trinajstić information content (AvgIpc) is 2.26. The molecule has 0 spiro atoms. The molecule has 0 fully saturated rings. The second kappa shape index (κ2) is 5.71. The fourth-order valence-corrected chi connectivity index (χ4v) is 4.21. The third kappa shape index (κ3) is 3.33. The quantitative estimate of drug-likeness (QED) is 0.527. The second-order valence-electron chi connectivity index (χ2n) is 5.18. The van der Waals surface area contributed by atoms with E-state index < -0.39 is 13.0 Å². The third-order valence-corrected chi connectivity index (χ3v) is 4.96. The van der Waals surface area contributed by atoms with Crippen LogP contribution in [0.5, 0.6) is 0 Å². The molecular formula is C12H17ClN2O3Si. The minimum Gasteiger partial charge on any atom is -0.352 e. The molecule has 0 heterocycles. The Morgan fingerprint density at radius 1 is 1.42 bits per heavy atom. The first kappa shape index (κ1) is 15.7. The van der Waals surface area contributed by atoms with E-state index in [9.17, 15) is 14.9 Å². The van der Waals surface area contributed by atoms with E-state index in [0.717, 1.165) is 0 Å². The summed E-state index contributed by atoms with van der Waals surface area (Å²) in [6.07, 6.45) is 0. The maximum absolute atomic E-state index is 12.1. The summed E-state index contributed by atoms with van der Waals surface area (Å²) < 4.78 is 0. The van der Waals surface area contributed by atoms with Gasteiger partial charge in [0.1, 0.15) is 0 Å². The Labute approximate surface area is 118 Å². The van der Waals surface area contributed by atoms with Crippen LogP contribution in [0.15, 0.2) is 12.1 Å². The largest absolute Gasteiger partial charge is 0.352 e. The van der Waals surface area contributed by atoms with Gasteiger partial charge < -0.3 is 5.32 Å². The van der Waals surface area contributed by atoms with Crippen molar-refractivity contribution in [3.8, 4) is 0 Å². The number of nitro groups is 1. The lowest BCUT2D eigenvalue weighted by molar-refractivity contribution is -0.383. The normalized spacial score (nSPS) is 11.2. The van der Waals surface area contributed by atoms with Crippen molar-refractivity contribution >= 4 is 36.5 Å². The molecule has 1 aromatic rings. The molecule has 0 unspecified atom stereocenters. The maximum atomic E-state index is 12.1. The number of nitrogens with zero attached hydrogens (tertiary/aromatic N) is 1. The SMILES string of the molecule is CCNC(=O)c1c(Cl)ccc([N+](=O)[O-])c1[Si](C)(C)C. The zero-order valence-corrected chi connectivity index (χ0v) is 13.2. The minimum absolute atomic E-state index is 0.0233. The Bertz CT molecular complexity index is 526. The van der Waals surface area contributed by atoms with Gasteiger partial charge in [-0.25, -0.2) is 0 Å². The molecule has 0 saturated heterocycles. The first-order chi connectivity index (χ1) is 8.70. The summed E-state index contributed by atoms with van der Waals surface area (Å²) in [6.45, 7) is 8.09. The van der Waals surface area contributed by atoms with Crippen LogP contribution in [0.2, 0.25) is 24.7 Å². The smallest absolute Gasteiger partial charge is 0.269 e. The summed E-state index contributed by atoms with van der Waals surface area (Å²) in [6, 6.07) is 2.78. The number of hydrogen-bond donors (Lipinski definition) is 1. The number of rotatable bonds is 4. The number of halogens is 1. The highest BCUT2D eigenvalue weighted by molar-refractivity contribution is 6.90. The number of carbonyl (C=O) groups is 1. The average molecular weight is 301 g/mol. The van der Waals surface area contributed by atoms with E-state index in [4.69, 9.17) is 11.6 Å². The first-order valence-electron chi connectivity index (χ1n) is 5.95. The van der Waals surface area contributed by atoms with E-state index in [1.807, 2.05) is 19.6 Å².